The number of hydrogen-bond donors (Lipinski definition) is 1. The first-order valence-electron chi connectivity index (χ1n) is 8.23. The van der Waals surface area contributed by atoms with Crippen molar-refractivity contribution in [3.8, 4) is 5.75 Å². The number of H-pyrrole nitrogens is 1. The van der Waals surface area contributed by atoms with Crippen LogP contribution in [0.1, 0.15) is 22.3 Å². The van der Waals surface area contributed by atoms with Gasteiger partial charge in [0.15, 0.2) is 5.78 Å². The number of nitrogens with one attached hydrogen (secondary N) is 1. The third kappa shape index (κ3) is 3.19. The molecule has 1 N–H and O–H groups in total. The van der Waals surface area contributed by atoms with Gasteiger partial charge >= 0.3 is 0 Å². The second-order valence-corrected chi connectivity index (χ2v) is 6.04. The van der Waals surface area contributed by atoms with Crippen LogP contribution < -0.4 is 4.74 Å². The van der Waals surface area contributed by atoms with Gasteiger partial charge in [0, 0.05) is 23.5 Å². The Labute approximate surface area is 140 Å². The molecule has 0 bridgehead atoms. The van der Waals surface area contributed by atoms with E-state index in [1.807, 2.05) is 42.6 Å². The SMILES string of the molecule is O=C(CCc1cccc2[nH]ccc12)c1ccccc1OCC1CO1. The van der Waals surface area contributed by atoms with E-state index in [9.17, 15) is 4.79 Å². The second-order valence-electron chi connectivity index (χ2n) is 6.04. The van der Waals surface area contributed by atoms with Gasteiger partial charge in [-0.1, -0.05) is 24.3 Å². The summed E-state index contributed by atoms with van der Waals surface area (Å²) in [5.74, 6) is 0.757. The minimum absolute atomic E-state index is 0.106. The number of rotatable bonds is 7. The van der Waals surface area contributed by atoms with E-state index < -0.39 is 0 Å². The highest BCUT2D eigenvalue weighted by atomic mass is 16.6. The van der Waals surface area contributed by atoms with E-state index in [0.29, 0.717) is 30.8 Å². The summed E-state index contributed by atoms with van der Waals surface area (Å²) < 4.78 is 10.9. The Morgan fingerprint density at radius 1 is 1.17 bits per heavy atom. The Bertz CT molecular complexity index is 864. The Kier molecular flexibility index (Phi) is 4.05. The Morgan fingerprint density at radius 2 is 2.04 bits per heavy atom. The molecular weight excluding hydrogens is 302 g/mol. The summed E-state index contributed by atoms with van der Waals surface area (Å²) in [7, 11) is 0. The van der Waals surface area contributed by atoms with Gasteiger partial charge in [-0.15, -0.1) is 0 Å². The molecule has 4 heteroatoms. The maximum atomic E-state index is 12.7. The number of aromatic nitrogens is 1. The summed E-state index contributed by atoms with van der Waals surface area (Å²) in [6, 6.07) is 15.7. The number of epoxide rings is 1. The van der Waals surface area contributed by atoms with E-state index >= 15 is 0 Å². The first-order chi connectivity index (χ1) is 11.8. The number of ether oxygens (including phenoxy) is 2. The molecular formula is C20H19NO3. The molecule has 2 heterocycles. The lowest BCUT2D eigenvalue weighted by molar-refractivity contribution is 0.0978. The first-order valence-corrected chi connectivity index (χ1v) is 8.23. The van der Waals surface area contributed by atoms with Crippen LogP contribution in [0.5, 0.6) is 5.75 Å². The Morgan fingerprint density at radius 3 is 2.92 bits per heavy atom. The average molecular weight is 321 g/mol. The summed E-state index contributed by atoms with van der Waals surface area (Å²) in [5.41, 5.74) is 2.94. The molecule has 1 saturated heterocycles. The van der Waals surface area contributed by atoms with Crippen molar-refractivity contribution in [1.82, 2.24) is 4.98 Å². The van der Waals surface area contributed by atoms with Crippen molar-refractivity contribution in [3.05, 3.63) is 65.9 Å². The lowest BCUT2D eigenvalue weighted by Crippen LogP contribution is -2.09. The van der Waals surface area contributed by atoms with Crippen molar-refractivity contribution >= 4 is 16.7 Å². The number of carbonyl (C=O) groups excluding carboxylic acids is 1. The van der Waals surface area contributed by atoms with E-state index in [0.717, 1.165) is 12.1 Å². The molecule has 1 aliphatic heterocycles. The van der Waals surface area contributed by atoms with Crippen molar-refractivity contribution in [2.45, 2.75) is 18.9 Å². The highest BCUT2D eigenvalue weighted by Crippen LogP contribution is 2.24. The van der Waals surface area contributed by atoms with E-state index in [1.165, 1.54) is 10.9 Å². The number of ketones is 1. The molecule has 1 aliphatic rings. The van der Waals surface area contributed by atoms with Gasteiger partial charge in [0.05, 0.1) is 12.2 Å². The van der Waals surface area contributed by atoms with Crippen LogP contribution in [0.15, 0.2) is 54.7 Å². The molecule has 0 spiro atoms. The number of benzene rings is 2. The van der Waals surface area contributed by atoms with Crippen LogP contribution in [0.4, 0.5) is 0 Å². The lowest BCUT2D eigenvalue weighted by Gasteiger charge is -2.10. The Hall–Kier alpha value is -2.59. The molecule has 0 saturated carbocycles. The van der Waals surface area contributed by atoms with Crippen LogP contribution in [0.2, 0.25) is 0 Å². The quantitative estimate of drug-likeness (QED) is 0.532. The van der Waals surface area contributed by atoms with Gasteiger partial charge in [0.25, 0.3) is 0 Å². The standard InChI is InChI=1S/C20H19NO3/c22-19(9-8-14-4-3-6-18-16(14)10-11-21-18)17-5-1-2-7-20(17)24-13-15-12-23-15/h1-7,10-11,15,21H,8-9,12-13H2. The van der Waals surface area contributed by atoms with E-state index in [4.69, 9.17) is 9.47 Å². The molecule has 4 rings (SSSR count). The highest BCUT2D eigenvalue weighted by molar-refractivity contribution is 5.99. The molecule has 2 aromatic carbocycles. The molecule has 0 aliphatic carbocycles. The molecule has 0 amide bonds. The predicted octanol–water partition coefficient (Wildman–Crippen LogP) is 3.76. The van der Waals surface area contributed by atoms with Gasteiger partial charge < -0.3 is 14.5 Å². The van der Waals surface area contributed by atoms with Crippen molar-refractivity contribution in [2.24, 2.45) is 0 Å². The molecule has 1 fully saturated rings. The minimum atomic E-state index is 0.106. The van der Waals surface area contributed by atoms with Crippen molar-refractivity contribution in [2.75, 3.05) is 13.2 Å². The summed E-state index contributed by atoms with van der Waals surface area (Å²) in [6.07, 6.45) is 3.29. The highest BCUT2D eigenvalue weighted by Gasteiger charge is 2.24. The van der Waals surface area contributed by atoms with E-state index in [1.54, 1.807) is 0 Å². The Balaban J connectivity index is 1.47. The van der Waals surface area contributed by atoms with Crippen LogP contribution in [0.25, 0.3) is 10.9 Å². The number of aryl methyl sites for hydroxylation is 1. The fourth-order valence-corrected chi connectivity index (χ4v) is 2.92. The normalized spacial score (nSPS) is 16.2. The number of carbonyl (C=O) groups is 1. The number of Topliss-reactive ketones (excluding diaryl/α,β-unsaturated/α-hetero) is 1. The van der Waals surface area contributed by atoms with E-state index in [2.05, 4.69) is 17.1 Å². The third-order valence-electron chi connectivity index (χ3n) is 4.32. The summed E-state index contributed by atoms with van der Waals surface area (Å²) in [5, 5.41) is 1.18. The number of fused-ring (bicyclic) bond motifs is 1. The van der Waals surface area contributed by atoms with Crippen LogP contribution in [-0.2, 0) is 11.2 Å². The molecule has 1 aromatic heterocycles. The van der Waals surface area contributed by atoms with Gasteiger partial charge in [-0.3, -0.25) is 4.79 Å². The third-order valence-corrected chi connectivity index (χ3v) is 4.32. The van der Waals surface area contributed by atoms with Gasteiger partial charge in [0.1, 0.15) is 18.5 Å². The van der Waals surface area contributed by atoms with Gasteiger partial charge in [0.2, 0.25) is 0 Å². The molecule has 4 nitrogen and oxygen atoms in total. The minimum Gasteiger partial charge on any atom is -0.490 e. The van der Waals surface area contributed by atoms with Gasteiger partial charge in [-0.05, 0) is 36.2 Å². The molecule has 24 heavy (non-hydrogen) atoms. The second kappa shape index (κ2) is 6.49. The predicted molar refractivity (Wildman–Crippen MR) is 92.6 cm³/mol. The zero-order valence-electron chi connectivity index (χ0n) is 13.3. The van der Waals surface area contributed by atoms with Crippen LogP contribution in [0.3, 0.4) is 0 Å². The maximum Gasteiger partial charge on any atom is 0.166 e. The van der Waals surface area contributed by atoms with Crippen molar-refractivity contribution < 1.29 is 14.3 Å². The smallest absolute Gasteiger partial charge is 0.166 e. The van der Waals surface area contributed by atoms with Crippen molar-refractivity contribution in [3.63, 3.8) is 0 Å². The number of para-hydroxylation sites is 1. The van der Waals surface area contributed by atoms with Crippen LogP contribution in [0, 0.1) is 0 Å². The first kappa shape index (κ1) is 15.0. The fraction of sp³-hybridized carbons (Fsp3) is 0.250. The zero-order chi connectivity index (χ0) is 16.4. The largest absolute Gasteiger partial charge is 0.490 e. The monoisotopic (exact) mass is 321 g/mol. The lowest BCUT2D eigenvalue weighted by atomic mass is 10.00. The number of aromatic amines is 1. The van der Waals surface area contributed by atoms with Gasteiger partial charge in [-0.2, -0.15) is 0 Å². The van der Waals surface area contributed by atoms with Crippen LogP contribution in [-0.4, -0.2) is 30.1 Å². The topological polar surface area (TPSA) is 54.6 Å². The average Bonchev–Trinajstić information content (AvgIpc) is 3.32. The molecule has 122 valence electrons. The van der Waals surface area contributed by atoms with Gasteiger partial charge in [-0.25, -0.2) is 0 Å². The molecule has 3 aromatic rings. The van der Waals surface area contributed by atoms with E-state index in [-0.39, 0.29) is 11.9 Å². The maximum absolute atomic E-state index is 12.7. The van der Waals surface area contributed by atoms with Crippen molar-refractivity contribution in [1.29, 1.82) is 0 Å². The summed E-state index contributed by atoms with van der Waals surface area (Å²) in [4.78, 5) is 15.9. The molecule has 1 unspecified atom stereocenters. The summed E-state index contributed by atoms with van der Waals surface area (Å²) in [6.45, 7) is 1.25. The molecule has 0 radical (unpaired) electrons. The summed E-state index contributed by atoms with van der Waals surface area (Å²) >= 11 is 0. The number of hydrogen-bond acceptors (Lipinski definition) is 3. The van der Waals surface area contributed by atoms with Crippen LogP contribution >= 0.6 is 0 Å². The zero-order valence-corrected chi connectivity index (χ0v) is 13.3. The fourth-order valence-electron chi connectivity index (χ4n) is 2.92. The molecule has 1 atom stereocenters.